The Kier molecular flexibility index (Phi) is 3.40. The van der Waals surface area contributed by atoms with Crippen LogP contribution in [-0.2, 0) is 11.3 Å². The summed E-state index contributed by atoms with van der Waals surface area (Å²) in [5, 5.41) is 3.57. The standard InChI is InChI=1S/C12H11NO4/c1-15-12(14)11-7-10(17-13-11)8-16-9-5-3-2-4-6-9/h2-7H,8H2,1H3. The number of carbonyl (C=O) groups is 1. The zero-order valence-corrected chi connectivity index (χ0v) is 9.25. The lowest BCUT2D eigenvalue weighted by Crippen LogP contribution is -2.00. The molecule has 0 saturated carbocycles. The number of carbonyl (C=O) groups excluding carboxylic acids is 1. The molecule has 0 atom stereocenters. The Balaban J connectivity index is 1.96. The predicted octanol–water partition coefficient (Wildman–Crippen LogP) is 2.04. The molecule has 88 valence electrons. The molecule has 0 aliphatic carbocycles. The first-order valence-electron chi connectivity index (χ1n) is 5.01. The summed E-state index contributed by atoms with van der Waals surface area (Å²) in [4.78, 5) is 11.1. The van der Waals surface area contributed by atoms with Crippen molar-refractivity contribution in [2.75, 3.05) is 7.11 Å². The summed E-state index contributed by atoms with van der Waals surface area (Å²) in [5.41, 5.74) is 0.138. The molecule has 0 N–H and O–H groups in total. The van der Waals surface area contributed by atoms with Gasteiger partial charge in [-0.25, -0.2) is 4.79 Å². The molecule has 0 saturated heterocycles. The zero-order valence-electron chi connectivity index (χ0n) is 9.25. The van der Waals surface area contributed by atoms with Gasteiger partial charge in [0.15, 0.2) is 11.5 Å². The summed E-state index contributed by atoms with van der Waals surface area (Å²) in [6.07, 6.45) is 0. The number of nitrogens with zero attached hydrogens (tertiary/aromatic N) is 1. The van der Waals surface area contributed by atoms with E-state index in [1.54, 1.807) is 0 Å². The van der Waals surface area contributed by atoms with Crippen molar-refractivity contribution in [3.63, 3.8) is 0 Å². The van der Waals surface area contributed by atoms with Gasteiger partial charge in [-0.05, 0) is 12.1 Å². The van der Waals surface area contributed by atoms with Gasteiger partial charge in [-0.1, -0.05) is 23.4 Å². The molecule has 5 nitrogen and oxygen atoms in total. The topological polar surface area (TPSA) is 61.6 Å². The van der Waals surface area contributed by atoms with Crippen LogP contribution in [0.5, 0.6) is 5.75 Å². The van der Waals surface area contributed by atoms with Crippen molar-refractivity contribution in [2.24, 2.45) is 0 Å². The Bertz CT molecular complexity index is 492. The fourth-order valence-electron chi connectivity index (χ4n) is 1.25. The minimum atomic E-state index is -0.528. The van der Waals surface area contributed by atoms with Crippen LogP contribution in [0, 0.1) is 0 Å². The SMILES string of the molecule is COC(=O)c1cc(COc2ccccc2)on1. The number of aromatic nitrogens is 1. The van der Waals surface area contributed by atoms with Gasteiger partial charge in [0.05, 0.1) is 7.11 Å². The van der Waals surface area contributed by atoms with E-state index in [9.17, 15) is 4.79 Å². The van der Waals surface area contributed by atoms with Crippen molar-refractivity contribution in [2.45, 2.75) is 6.61 Å². The van der Waals surface area contributed by atoms with Gasteiger partial charge in [0.1, 0.15) is 12.4 Å². The van der Waals surface area contributed by atoms with E-state index in [1.165, 1.54) is 13.2 Å². The van der Waals surface area contributed by atoms with E-state index in [0.717, 1.165) is 5.75 Å². The van der Waals surface area contributed by atoms with Gasteiger partial charge in [-0.2, -0.15) is 0 Å². The van der Waals surface area contributed by atoms with Crippen molar-refractivity contribution >= 4 is 5.97 Å². The van der Waals surface area contributed by atoms with Crippen LogP contribution in [0.15, 0.2) is 40.9 Å². The molecule has 1 aromatic carbocycles. The second kappa shape index (κ2) is 5.16. The van der Waals surface area contributed by atoms with Crippen LogP contribution in [0.25, 0.3) is 0 Å². The highest BCUT2D eigenvalue weighted by atomic mass is 16.5. The molecule has 0 unspecified atom stereocenters. The molecule has 0 radical (unpaired) electrons. The number of methoxy groups -OCH3 is 1. The average Bonchev–Trinajstić information content (AvgIpc) is 2.85. The number of rotatable bonds is 4. The van der Waals surface area contributed by atoms with Crippen molar-refractivity contribution in [3.8, 4) is 5.75 Å². The van der Waals surface area contributed by atoms with Crippen molar-refractivity contribution < 1.29 is 18.8 Å². The second-order valence-electron chi connectivity index (χ2n) is 3.27. The summed E-state index contributed by atoms with van der Waals surface area (Å²) in [6, 6.07) is 10.8. The molecule has 0 aliphatic heterocycles. The van der Waals surface area contributed by atoms with E-state index in [4.69, 9.17) is 9.26 Å². The molecule has 1 aromatic heterocycles. The first-order chi connectivity index (χ1) is 8.29. The van der Waals surface area contributed by atoms with Gasteiger partial charge in [-0.15, -0.1) is 0 Å². The van der Waals surface area contributed by atoms with Crippen molar-refractivity contribution in [1.29, 1.82) is 0 Å². The maximum absolute atomic E-state index is 11.1. The van der Waals surface area contributed by atoms with Gasteiger partial charge < -0.3 is 14.0 Å². The highest BCUT2D eigenvalue weighted by molar-refractivity contribution is 5.86. The maximum Gasteiger partial charge on any atom is 0.360 e. The van der Waals surface area contributed by atoms with Gasteiger partial charge >= 0.3 is 5.97 Å². The van der Waals surface area contributed by atoms with Crippen molar-refractivity contribution in [3.05, 3.63) is 47.9 Å². The quantitative estimate of drug-likeness (QED) is 0.756. The third-order valence-electron chi connectivity index (χ3n) is 2.08. The fourth-order valence-corrected chi connectivity index (χ4v) is 1.25. The lowest BCUT2D eigenvalue weighted by atomic mass is 10.3. The van der Waals surface area contributed by atoms with E-state index in [0.29, 0.717) is 5.76 Å². The normalized spacial score (nSPS) is 9.94. The smallest absolute Gasteiger partial charge is 0.360 e. The monoisotopic (exact) mass is 233 g/mol. The van der Waals surface area contributed by atoms with Crippen LogP contribution in [0.4, 0.5) is 0 Å². The lowest BCUT2D eigenvalue weighted by molar-refractivity contribution is 0.0589. The Morgan fingerprint density at radius 3 is 2.82 bits per heavy atom. The molecular weight excluding hydrogens is 222 g/mol. The van der Waals surface area contributed by atoms with E-state index in [2.05, 4.69) is 9.89 Å². The largest absolute Gasteiger partial charge is 0.486 e. The van der Waals surface area contributed by atoms with Crippen LogP contribution in [0.3, 0.4) is 0 Å². The van der Waals surface area contributed by atoms with Gasteiger partial charge in [0.25, 0.3) is 0 Å². The zero-order chi connectivity index (χ0) is 12.1. The molecule has 0 fully saturated rings. The number of ether oxygens (including phenoxy) is 2. The van der Waals surface area contributed by atoms with E-state index in [1.807, 2.05) is 30.3 Å². The molecule has 2 rings (SSSR count). The van der Waals surface area contributed by atoms with E-state index in [-0.39, 0.29) is 12.3 Å². The van der Waals surface area contributed by atoms with Gasteiger partial charge in [0.2, 0.25) is 0 Å². The molecule has 17 heavy (non-hydrogen) atoms. The summed E-state index contributed by atoms with van der Waals surface area (Å²) >= 11 is 0. The number of esters is 1. The molecule has 5 heteroatoms. The Morgan fingerprint density at radius 1 is 1.35 bits per heavy atom. The number of para-hydroxylation sites is 1. The molecule has 0 bridgehead atoms. The first kappa shape index (κ1) is 11.2. The molecule has 0 amide bonds. The van der Waals surface area contributed by atoms with Gasteiger partial charge in [-0.3, -0.25) is 0 Å². The van der Waals surface area contributed by atoms with Gasteiger partial charge in [0, 0.05) is 6.07 Å². The molecule has 0 spiro atoms. The Morgan fingerprint density at radius 2 is 2.12 bits per heavy atom. The number of benzene rings is 1. The molecule has 2 aromatic rings. The average molecular weight is 233 g/mol. The van der Waals surface area contributed by atoms with Crippen LogP contribution in [0.1, 0.15) is 16.2 Å². The summed E-state index contributed by atoms with van der Waals surface area (Å²) in [5.74, 6) is 0.664. The number of hydrogen-bond acceptors (Lipinski definition) is 5. The van der Waals surface area contributed by atoms with Crippen LogP contribution in [0.2, 0.25) is 0 Å². The minimum Gasteiger partial charge on any atom is -0.486 e. The third-order valence-corrected chi connectivity index (χ3v) is 2.08. The third kappa shape index (κ3) is 2.84. The van der Waals surface area contributed by atoms with E-state index >= 15 is 0 Å². The minimum absolute atomic E-state index is 0.138. The summed E-state index contributed by atoms with van der Waals surface area (Å²) in [7, 11) is 1.29. The second-order valence-corrected chi connectivity index (χ2v) is 3.27. The molecule has 0 aliphatic rings. The molecular formula is C12H11NO4. The Labute approximate surface area is 97.9 Å². The van der Waals surface area contributed by atoms with E-state index < -0.39 is 5.97 Å². The van der Waals surface area contributed by atoms with Crippen LogP contribution < -0.4 is 4.74 Å². The van der Waals surface area contributed by atoms with Crippen LogP contribution >= 0.6 is 0 Å². The van der Waals surface area contributed by atoms with Crippen LogP contribution in [-0.4, -0.2) is 18.2 Å². The first-order valence-corrected chi connectivity index (χ1v) is 5.01. The van der Waals surface area contributed by atoms with Crippen molar-refractivity contribution in [1.82, 2.24) is 5.16 Å². The summed E-state index contributed by atoms with van der Waals surface area (Å²) < 4.78 is 14.9. The highest BCUT2D eigenvalue weighted by Gasteiger charge is 2.12. The Hall–Kier alpha value is -2.30. The number of hydrogen-bond donors (Lipinski definition) is 0. The summed E-state index contributed by atoms with van der Waals surface area (Å²) in [6.45, 7) is 0.216. The predicted molar refractivity (Wildman–Crippen MR) is 58.6 cm³/mol. The maximum atomic E-state index is 11.1. The lowest BCUT2D eigenvalue weighted by Gasteiger charge is -2.01. The highest BCUT2D eigenvalue weighted by Crippen LogP contribution is 2.12. The molecule has 1 heterocycles. The fraction of sp³-hybridized carbons (Fsp3) is 0.167.